The third kappa shape index (κ3) is 4.79. The Morgan fingerprint density at radius 2 is 1.74 bits per heavy atom. The summed E-state index contributed by atoms with van der Waals surface area (Å²) in [5, 5.41) is 6.69. The molecule has 0 fully saturated rings. The van der Waals surface area contributed by atoms with E-state index < -0.39 is 0 Å². The molecule has 9 heteroatoms. The zero-order chi connectivity index (χ0) is 24.4. The van der Waals surface area contributed by atoms with Crippen LogP contribution >= 0.6 is 0 Å². The number of aryl methyl sites for hydroxylation is 2. The minimum Gasteiger partial charge on any atom is -0.439 e. The first kappa shape index (κ1) is 22.0. The van der Waals surface area contributed by atoms with Crippen molar-refractivity contribution in [2.45, 2.75) is 20.8 Å². The summed E-state index contributed by atoms with van der Waals surface area (Å²) in [6.45, 7) is 5.73. The van der Waals surface area contributed by atoms with Crippen molar-refractivity contribution >= 4 is 11.6 Å². The SMILES string of the molecule is Cc1nc(Oc2ccc(NC(=O)c3cc(-c4ccccc4)on3)cc2)cc(-n2cnc(C)c2C)n1. The van der Waals surface area contributed by atoms with Gasteiger partial charge in [-0.15, -0.1) is 0 Å². The van der Waals surface area contributed by atoms with Gasteiger partial charge in [0.2, 0.25) is 5.88 Å². The van der Waals surface area contributed by atoms with Crippen molar-refractivity contribution in [2.24, 2.45) is 0 Å². The third-order valence-corrected chi connectivity index (χ3v) is 5.44. The predicted octanol–water partition coefficient (Wildman–Crippen LogP) is 5.29. The molecule has 2 aromatic carbocycles. The molecule has 9 nitrogen and oxygen atoms in total. The summed E-state index contributed by atoms with van der Waals surface area (Å²) in [5.41, 5.74) is 3.57. The van der Waals surface area contributed by atoms with Gasteiger partial charge in [-0.3, -0.25) is 9.36 Å². The van der Waals surface area contributed by atoms with Crippen molar-refractivity contribution in [1.82, 2.24) is 24.7 Å². The zero-order valence-corrected chi connectivity index (χ0v) is 19.4. The lowest BCUT2D eigenvalue weighted by atomic mass is 10.1. The van der Waals surface area contributed by atoms with Crippen LogP contribution in [0.3, 0.4) is 0 Å². The van der Waals surface area contributed by atoms with Crippen molar-refractivity contribution in [3.05, 3.63) is 96.0 Å². The van der Waals surface area contributed by atoms with Gasteiger partial charge in [0.1, 0.15) is 23.7 Å². The van der Waals surface area contributed by atoms with Gasteiger partial charge in [0, 0.05) is 29.1 Å². The summed E-state index contributed by atoms with van der Waals surface area (Å²) in [7, 11) is 0. The van der Waals surface area contributed by atoms with Crippen LogP contribution in [0.5, 0.6) is 11.6 Å². The monoisotopic (exact) mass is 466 g/mol. The Morgan fingerprint density at radius 1 is 0.971 bits per heavy atom. The molecule has 174 valence electrons. The fourth-order valence-electron chi connectivity index (χ4n) is 3.47. The molecule has 5 rings (SSSR count). The largest absolute Gasteiger partial charge is 0.439 e. The molecule has 1 N–H and O–H groups in total. The molecule has 0 unspecified atom stereocenters. The highest BCUT2D eigenvalue weighted by molar-refractivity contribution is 6.03. The molecule has 35 heavy (non-hydrogen) atoms. The number of ether oxygens (including phenoxy) is 1. The Balaban J connectivity index is 1.27. The van der Waals surface area contributed by atoms with Crippen LogP contribution in [-0.4, -0.2) is 30.6 Å². The van der Waals surface area contributed by atoms with Gasteiger partial charge >= 0.3 is 0 Å². The van der Waals surface area contributed by atoms with Gasteiger partial charge in [0.15, 0.2) is 11.5 Å². The summed E-state index contributed by atoms with van der Waals surface area (Å²) in [6, 6.07) is 19.8. The maximum atomic E-state index is 12.6. The number of amides is 1. The number of hydrogen-bond acceptors (Lipinski definition) is 7. The van der Waals surface area contributed by atoms with Crippen molar-refractivity contribution in [1.29, 1.82) is 0 Å². The topological polar surface area (TPSA) is 108 Å². The van der Waals surface area contributed by atoms with E-state index in [1.165, 1.54) is 0 Å². The number of aromatic nitrogens is 5. The molecule has 0 aliphatic rings. The van der Waals surface area contributed by atoms with Crippen LogP contribution in [-0.2, 0) is 0 Å². The average molecular weight is 467 g/mol. The molecule has 1 amide bonds. The van der Waals surface area contributed by atoms with E-state index in [0.717, 1.165) is 17.0 Å². The lowest BCUT2D eigenvalue weighted by Crippen LogP contribution is -2.12. The molecule has 0 radical (unpaired) electrons. The second-order valence-corrected chi connectivity index (χ2v) is 7.92. The fraction of sp³-hybridized carbons (Fsp3) is 0.115. The number of nitrogens with zero attached hydrogens (tertiary/aromatic N) is 5. The first-order valence-corrected chi connectivity index (χ1v) is 10.9. The molecule has 0 saturated carbocycles. The van der Waals surface area contributed by atoms with Crippen LogP contribution in [0, 0.1) is 20.8 Å². The number of rotatable bonds is 6. The summed E-state index contributed by atoms with van der Waals surface area (Å²) < 4.78 is 13.1. The highest BCUT2D eigenvalue weighted by Crippen LogP contribution is 2.25. The van der Waals surface area contributed by atoms with Gasteiger partial charge in [-0.2, -0.15) is 4.98 Å². The molecule has 0 spiro atoms. The van der Waals surface area contributed by atoms with Crippen LogP contribution in [0.15, 0.2) is 77.6 Å². The molecule has 3 heterocycles. The summed E-state index contributed by atoms with van der Waals surface area (Å²) in [5.74, 6) is 2.39. The minimum absolute atomic E-state index is 0.193. The molecule has 0 saturated heterocycles. The van der Waals surface area contributed by atoms with E-state index in [4.69, 9.17) is 9.26 Å². The van der Waals surface area contributed by atoms with Crippen molar-refractivity contribution < 1.29 is 14.1 Å². The van der Waals surface area contributed by atoms with Crippen LogP contribution in [0.1, 0.15) is 27.7 Å². The molecular formula is C26H22N6O3. The average Bonchev–Trinajstić information content (AvgIpc) is 3.48. The summed E-state index contributed by atoms with van der Waals surface area (Å²) >= 11 is 0. The summed E-state index contributed by atoms with van der Waals surface area (Å²) in [6.07, 6.45) is 1.73. The Morgan fingerprint density at radius 3 is 2.46 bits per heavy atom. The van der Waals surface area contributed by atoms with Gasteiger partial charge in [-0.1, -0.05) is 35.5 Å². The Hall–Kier alpha value is -4.79. The smallest absolute Gasteiger partial charge is 0.277 e. The second kappa shape index (κ2) is 9.22. The second-order valence-electron chi connectivity index (χ2n) is 7.92. The Labute approximate surface area is 201 Å². The quantitative estimate of drug-likeness (QED) is 0.362. The maximum absolute atomic E-state index is 12.6. The number of anilines is 1. The predicted molar refractivity (Wildman–Crippen MR) is 130 cm³/mol. The molecule has 0 aliphatic heterocycles. The van der Waals surface area contributed by atoms with Crippen LogP contribution in [0.2, 0.25) is 0 Å². The van der Waals surface area contributed by atoms with E-state index in [9.17, 15) is 4.79 Å². The van der Waals surface area contributed by atoms with Crippen LogP contribution in [0.4, 0.5) is 5.69 Å². The highest BCUT2D eigenvalue weighted by Gasteiger charge is 2.14. The summed E-state index contributed by atoms with van der Waals surface area (Å²) in [4.78, 5) is 25.8. The van der Waals surface area contributed by atoms with E-state index in [1.54, 1.807) is 49.6 Å². The van der Waals surface area contributed by atoms with Crippen molar-refractivity contribution in [2.75, 3.05) is 5.32 Å². The van der Waals surface area contributed by atoms with Gasteiger partial charge in [0.25, 0.3) is 5.91 Å². The molecule has 5 aromatic rings. The van der Waals surface area contributed by atoms with Crippen molar-refractivity contribution in [3.63, 3.8) is 0 Å². The Kier molecular flexibility index (Phi) is 5.80. The molecule has 3 aromatic heterocycles. The number of carbonyl (C=O) groups is 1. The highest BCUT2D eigenvalue weighted by atomic mass is 16.5. The number of imidazole rings is 1. The molecule has 0 aliphatic carbocycles. The fourth-order valence-corrected chi connectivity index (χ4v) is 3.47. The van der Waals surface area contributed by atoms with Crippen LogP contribution < -0.4 is 10.1 Å². The lowest BCUT2D eigenvalue weighted by Gasteiger charge is -2.10. The first-order valence-electron chi connectivity index (χ1n) is 10.9. The van der Waals surface area contributed by atoms with Gasteiger partial charge in [-0.05, 0) is 45.0 Å². The van der Waals surface area contributed by atoms with Gasteiger partial charge < -0.3 is 14.6 Å². The first-order chi connectivity index (χ1) is 17.0. The molecular weight excluding hydrogens is 444 g/mol. The van der Waals surface area contributed by atoms with E-state index in [0.29, 0.717) is 34.7 Å². The minimum atomic E-state index is -0.369. The Bertz CT molecular complexity index is 1490. The normalized spacial score (nSPS) is 10.8. The molecule has 0 bridgehead atoms. The van der Waals surface area contributed by atoms with Crippen molar-refractivity contribution in [3.8, 4) is 28.8 Å². The third-order valence-electron chi connectivity index (χ3n) is 5.44. The number of benzene rings is 2. The van der Waals surface area contributed by atoms with Gasteiger partial charge in [-0.25, -0.2) is 9.97 Å². The number of nitrogens with one attached hydrogen (secondary N) is 1. The van der Waals surface area contributed by atoms with Crippen LogP contribution in [0.25, 0.3) is 17.1 Å². The van der Waals surface area contributed by atoms with E-state index in [2.05, 4.69) is 25.4 Å². The molecule has 0 atom stereocenters. The van der Waals surface area contributed by atoms with E-state index >= 15 is 0 Å². The number of carbonyl (C=O) groups excluding carboxylic acids is 1. The zero-order valence-electron chi connectivity index (χ0n) is 19.4. The number of hydrogen-bond donors (Lipinski definition) is 1. The van der Waals surface area contributed by atoms with E-state index in [1.807, 2.05) is 48.7 Å². The van der Waals surface area contributed by atoms with Gasteiger partial charge in [0.05, 0.1) is 5.69 Å². The maximum Gasteiger partial charge on any atom is 0.277 e. The standard InChI is InChI=1S/C26H22N6O3/c1-16-17(2)32(15-27-16)24-14-25(29-18(3)28-24)34-21-11-9-20(10-12-21)30-26(33)22-13-23(35-31-22)19-7-5-4-6-8-19/h4-15H,1-3H3,(H,30,33). The lowest BCUT2D eigenvalue weighted by molar-refractivity contribution is 0.101. The van der Waals surface area contributed by atoms with E-state index in [-0.39, 0.29) is 11.6 Å².